The number of benzene rings is 1. The Bertz CT molecular complexity index is 625. The van der Waals surface area contributed by atoms with Crippen LogP contribution in [-0.4, -0.2) is 6.54 Å². The second-order valence-electron chi connectivity index (χ2n) is 6.18. The molecule has 2 saturated carbocycles. The van der Waals surface area contributed by atoms with E-state index < -0.39 is 0 Å². The lowest BCUT2D eigenvalue weighted by atomic mass is 10.0. The molecule has 0 spiro atoms. The highest BCUT2D eigenvalue weighted by Gasteiger charge is 2.56. The van der Waals surface area contributed by atoms with E-state index in [4.69, 9.17) is 4.42 Å². The summed E-state index contributed by atoms with van der Waals surface area (Å²) in [6, 6.07) is 7.39. The Balaban J connectivity index is 1.69. The minimum Gasteiger partial charge on any atom is -0.456 e. The van der Waals surface area contributed by atoms with Gasteiger partial charge in [0, 0.05) is 5.39 Å². The number of hydrogen-bond acceptors (Lipinski definition) is 2. The van der Waals surface area contributed by atoms with Crippen molar-refractivity contribution in [3.05, 3.63) is 35.8 Å². The highest BCUT2D eigenvalue weighted by molar-refractivity contribution is 5.78. The van der Waals surface area contributed by atoms with Gasteiger partial charge < -0.3 is 9.73 Å². The molecule has 2 aromatic rings. The van der Waals surface area contributed by atoms with Crippen LogP contribution in [0.25, 0.3) is 11.0 Å². The smallest absolute Gasteiger partial charge is 0.169 e. The molecule has 2 aliphatic carbocycles. The summed E-state index contributed by atoms with van der Waals surface area (Å²) < 4.78 is 19.6. The van der Waals surface area contributed by atoms with Crippen molar-refractivity contribution >= 4 is 11.0 Å². The van der Waals surface area contributed by atoms with Gasteiger partial charge in [-0.05, 0) is 49.3 Å². The minimum atomic E-state index is -0.264. The Labute approximate surface area is 118 Å². The third-order valence-corrected chi connectivity index (χ3v) is 5.10. The maximum absolute atomic E-state index is 13.8. The van der Waals surface area contributed by atoms with Gasteiger partial charge in [-0.1, -0.05) is 25.5 Å². The van der Waals surface area contributed by atoms with Crippen molar-refractivity contribution in [2.75, 3.05) is 6.54 Å². The zero-order chi connectivity index (χ0) is 13.7. The predicted molar refractivity (Wildman–Crippen MR) is 76.9 cm³/mol. The summed E-state index contributed by atoms with van der Waals surface area (Å²) in [5, 5.41) is 4.42. The summed E-state index contributed by atoms with van der Waals surface area (Å²) in [5.74, 6) is 3.05. The van der Waals surface area contributed by atoms with Crippen LogP contribution < -0.4 is 5.32 Å². The summed E-state index contributed by atoms with van der Waals surface area (Å²) in [4.78, 5) is 0. The topological polar surface area (TPSA) is 25.2 Å². The van der Waals surface area contributed by atoms with Crippen LogP contribution in [0.4, 0.5) is 4.39 Å². The first kappa shape index (κ1) is 12.4. The van der Waals surface area contributed by atoms with Crippen LogP contribution in [0.2, 0.25) is 0 Å². The van der Waals surface area contributed by atoms with Gasteiger partial charge >= 0.3 is 0 Å². The molecule has 2 fully saturated rings. The zero-order valence-electron chi connectivity index (χ0n) is 11.7. The molecule has 1 N–H and O–H groups in total. The Morgan fingerprint density at radius 1 is 1.35 bits per heavy atom. The van der Waals surface area contributed by atoms with Gasteiger partial charge in [0.15, 0.2) is 11.4 Å². The average Bonchev–Trinajstić information content (AvgIpc) is 2.85. The fourth-order valence-corrected chi connectivity index (χ4v) is 4.22. The van der Waals surface area contributed by atoms with Gasteiger partial charge in [-0.3, -0.25) is 0 Å². The van der Waals surface area contributed by atoms with E-state index >= 15 is 0 Å². The molecular weight excluding hydrogens is 253 g/mol. The molecule has 1 aromatic carbocycles. The van der Waals surface area contributed by atoms with Gasteiger partial charge in [0.2, 0.25) is 0 Å². The van der Waals surface area contributed by atoms with Crippen LogP contribution >= 0.6 is 0 Å². The Kier molecular flexibility index (Phi) is 2.84. The SMILES string of the molecule is CCNC(c1cc2cccc(F)c2o1)C1C2CCCC21. The van der Waals surface area contributed by atoms with E-state index in [9.17, 15) is 4.39 Å². The lowest BCUT2D eigenvalue weighted by molar-refractivity contribution is 0.361. The van der Waals surface area contributed by atoms with Gasteiger partial charge in [-0.2, -0.15) is 0 Å². The standard InChI is InChI=1S/C17H20FNO/c1-2-19-16(15-11-6-4-7-12(11)15)14-9-10-5-3-8-13(18)17(10)20-14/h3,5,8-9,11-12,15-16,19H,2,4,6-7H2,1H3. The molecule has 0 amide bonds. The highest BCUT2D eigenvalue weighted by atomic mass is 19.1. The van der Waals surface area contributed by atoms with E-state index in [1.807, 2.05) is 12.1 Å². The van der Waals surface area contributed by atoms with Crippen LogP contribution in [0.5, 0.6) is 0 Å². The summed E-state index contributed by atoms with van der Waals surface area (Å²) in [6.45, 7) is 3.04. The average molecular weight is 273 g/mol. The number of furan rings is 1. The number of rotatable bonds is 4. The molecule has 4 rings (SSSR count). The largest absolute Gasteiger partial charge is 0.456 e. The first-order valence-corrected chi connectivity index (χ1v) is 7.71. The number of nitrogens with one attached hydrogen (secondary N) is 1. The molecule has 2 aliphatic rings. The number of para-hydroxylation sites is 1. The molecule has 0 aliphatic heterocycles. The van der Waals surface area contributed by atoms with Gasteiger partial charge in [-0.25, -0.2) is 4.39 Å². The third-order valence-electron chi connectivity index (χ3n) is 5.10. The number of fused-ring (bicyclic) bond motifs is 2. The molecule has 1 heterocycles. The van der Waals surface area contributed by atoms with Crippen LogP contribution in [0.1, 0.15) is 38.0 Å². The van der Waals surface area contributed by atoms with Gasteiger partial charge in [0.05, 0.1) is 6.04 Å². The summed E-state index contributed by atoms with van der Waals surface area (Å²) >= 11 is 0. The first-order valence-electron chi connectivity index (χ1n) is 7.71. The van der Waals surface area contributed by atoms with Crippen molar-refractivity contribution in [3.63, 3.8) is 0 Å². The first-order chi connectivity index (χ1) is 9.79. The lowest BCUT2D eigenvalue weighted by Gasteiger charge is -2.17. The molecular formula is C17H20FNO. The number of halogens is 1. The maximum atomic E-state index is 13.8. The van der Waals surface area contributed by atoms with Crippen molar-refractivity contribution in [1.29, 1.82) is 0 Å². The fourth-order valence-electron chi connectivity index (χ4n) is 4.22. The highest BCUT2D eigenvalue weighted by Crippen LogP contribution is 2.62. The molecule has 1 aromatic heterocycles. The van der Waals surface area contributed by atoms with Gasteiger partial charge in [-0.15, -0.1) is 0 Å². The second-order valence-corrected chi connectivity index (χ2v) is 6.18. The Hall–Kier alpha value is -1.35. The van der Waals surface area contributed by atoms with Crippen molar-refractivity contribution in [3.8, 4) is 0 Å². The quantitative estimate of drug-likeness (QED) is 0.900. The van der Waals surface area contributed by atoms with Crippen molar-refractivity contribution in [2.24, 2.45) is 17.8 Å². The molecule has 0 bridgehead atoms. The minimum absolute atomic E-state index is 0.252. The lowest BCUT2D eigenvalue weighted by Crippen LogP contribution is -2.24. The molecule has 106 valence electrons. The summed E-state index contributed by atoms with van der Waals surface area (Å²) in [6.07, 6.45) is 4.08. The predicted octanol–water partition coefficient (Wildman–Crippen LogP) is 4.27. The zero-order valence-corrected chi connectivity index (χ0v) is 11.7. The van der Waals surface area contributed by atoms with E-state index in [-0.39, 0.29) is 11.9 Å². The van der Waals surface area contributed by atoms with E-state index in [1.54, 1.807) is 6.07 Å². The molecule has 3 heteroatoms. The fraction of sp³-hybridized carbons (Fsp3) is 0.529. The van der Waals surface area contributed by atoms with Crippen LogP contribution in [0, 0.1) is 23.6 Å². The molecule has 3 unspecified atom stereocenters. The Morgan fingerprint density at radius 3 is 2.85 bits per heavy atom. The molecule has 20 heavy (non-hydrogen) atoms. The van der Waals surface area contributed by atoms with Crippen molar-refractivity contribution in [1.82, 2.24) is 5.32 Å². The van der Waals surface area contributed by atoms with E-state index in [1.165, 1.54) is 25.3 Å². The van der Waals surface area contributed by atoms with E-state index in [0.29, 0.717) is 11.5 Å². The van der Waals surface area contributed by atoms with Gasteiger partial charge in [0.25, 0.3) is 0 Å². The van der Waals surface area contributed by atoms with Crippen molar-refractivity contribution < 1.29 is 8.81 Å². The molecule has 3 atom stereocenters. The van der Waals surface area contributed by atoms with Crippen LogP contribution in [0.15, 0.2) is 28.7 Å². The van der Waals surface area contributed by atoms with Crippen LogP contribution in [0.3, 0.4) is 0 Å². The molecule has 2 nitrogen and oxygen atoms in total. The van der Waals surface area contributed by atoms with Gasteiger partial charge in [0.1, 0.15) is 5.76 Å². The summed E-state index contributed by atoms with van der Waals surface area (Å²) in [7, 11) is 0. The van der Waals surface area contributed by atoms with E-state index in [2.05, 4.69) is 12.2 Å². The van der Waals surface area contributed by atoms with Crippen LogP contribution in [-0.2, 0) is 0 Å². The van der Waals surface area contributed by atoms with E-state index in [0.717, 1.165) is 29.5 Å². The molecule has 0 radical (unpaired) electrons. The van der Waals surface area contributed by atoms with Crippen molar-refractivity contribution in [2.45, 2.75) is 32.2 Å². The number of hydrogen-bond donors (Lipinski definition) is 1. The Morgan fingerprint density at radius 2 is 2.15 bits per heavy atom. The maximum Gasteiger partial charge on any atom is 0.169 e. The third kappa shape index (κ3) is 1.80. The monoisotopic (exact) mass is 273 g/mol. The summed E-state index contributed by atoms with van der Waals surface area (Å²) in [5.41, 5.74) is 0.399. The second kappa shape index (κ2) is 4.59. The normalized spacial score (nSPS) is 29.6. The molecule has 0 saturated heterocycles.